The number of nitrogens with one attached hydrogen (secondary N) is 1. The van der Waals surface area contributed by atoms with E-state index in [2.05, 4.69) is 26.5 Å². The number of carbonyl (C=O) groups is 2. The van der Waals surface area contributed by atoms with Crippen LogP contribution in [-0.4, -0.2) is 18.1 Å². The molecule has 0 saturated carbocycles. The minimum absolute atomic E-state index is 0.321. The van der Waals surface area contributed by atoms with Crippen molar-refractivity contribution in [2.45, 2.75) is 0 Å². The standard InChI is InChI=1S/C21H14BrClN2O3/c22-17-8-11-19(28-21(27)15-4-2-1-3-5-15)16(12-17)13-24-25-20(26)14-6-9-18(23)10-7-14/h1-13H,(H,25,26)/b24-13+. The smallest absolute Gasteiger partial charge is 0.343 e. The second-order valence-corrected chi connectivity index (χ2v) is 7.00. The number of ether oxygens (including phenoxy) is 1. The minimum Gasteiger partial charge on any atom is -0.422 e. The Bertz CT molecular complexity index is 1020. The zero-order valence-electron chi connectivity index (χ0n) is 14.4. The van der Waals surface area contributed by atoms with Crippen LogP contribution >= 0.6 is 27.5 Å². The van der Waals surface area contributed by atoms with E-state index in [4.69, 9.17) is 16.3 Å². The summed E-state index contributed by atoms with van der Waals surface area (Å²) in [5, 5.41) is 4.49. The number of amides is 1. The van der Waals surface area contributed by atoms with Gasteiger partial charge in [-0.05, 0) is 54.6 Å². The summed E-state index contributed by atoms with van der Waals surface area (Å²) in [6.07, 6.45) is 1.41. The van der Waals surface area contributed by atoms with E-state index in [-0.39, 0.29) is 5.91 Å². The molecule has 5 nitrogen and oxygen atoms in total. The third-order valence-corrected chi connectivity index (χ3v) is 4.41. The molecule has 0 saturated heterocycles. The number of rotatable bonds is 5. The van der Waals surface area contributed by atoms with E-state index in [1.54, 1.807) is 66.7 Å². The van der Waals surface area contributed by atoms with Gasteiger partial charge in [0.05, 0.1) is 11.8 Å². The van der Waals surface area contributed by atoms with Crippen molar-refractivity contribution in [1.82, 2.24) is 5.43 Å². The Hall–Kier alpha value is -2.96. The van der Waals surface area contributed by atoms with Crippen molar-refractivity contribution in [3.63, 3.8) is 0 Å². The molecule has 0 aliphatic rings. The van der Waals surface area contributed by atoms with E-state index >= 15 is 0 Å². The Labute approximate surface area is 175 Å². The largest absolute Gasteiger partial charge is 0.422 e. The fourth-order valence-electron chi connectivity index (χ4n) is 2.27. The molecule has 1 N–H and O–H groups in total. The van der Waals surface area contributed by atoms with Gasteiger partial charge in [0, 0.05) is 20.6 Å². The van der Waals surface area contributed by atoms with E-state index in [0.717, 1.165) is 4.47 Å². The molecule has 0 atom stereocenters. The summed E-state index contributed by atoms with van der Waals surface area (Å²) in [5.41, 5.74) is 3.81. The van der Waals surface area contributed by atoms with Gasteiger partial charge in [0.2, 0.25) is 0 Å². The Morgan fingerprint density at radius 2 is 1.68 bits per heavy atom. The van der Waals surface area contributed by atoms with Crippen molar-refractivity contribution in [1.29, 1.82) is 0 Å². The van der Waals surface area contributed by atoms with Crippen LogP contribution in [0.1, 0.15) is 26.3 Å². The van der Waals surface area contributed by atoms with Gasteiger partial charge in [0.1, 0.15) is 5.75 Å². The van der Waals surface area contributed by atoms with Crippen molar-refractivity contribution >= 4 is 45.6 Å². The fraction of sp³-hybridized carbons (Fsp3) is 0. The highest BCUT2D eigenvalue weighted by molar-refractivity contribution is 9.10. The number of benzene rings is 3. The van der Waals surface area contributed by atoms with Crippen LogP contribution in [-0.2, 0) is 0 Å². The van der Waals surface area contributed by atoms with Crippen LogP contribution in [0.4, 0.5) is 0 Å². The van der Waals surface area contributed by atoms with Crippen molar-refractivity contribution < 1.29 is 14.3 Å². The number of carbonyl (C=O) groups excluding carboxylic acids is 2. The third-order valence-electron chi connectivity index (χ3n) is 3.66. The van der Waals surface area contributed by atoms with Crippen LogP contribution in [0.5, 0.6) is 5.75 Å². The van der Waals surface area contributed by atoms with Gasteiger partial charge in [-0.1, -0.05) is 45.7 Å². The zero-order chi connectivity index (χ0) is 19.9. The first-order chi connectivity index (χ1) is 13.5. The molecule has 3 rings (SSSR count). The van der Waals surface area contributed by atoms with Gasteiger partial charge in [-0.15, -0.1) is 0 Å². The summed E-state index contributed by atoms with van der Waals surface area (Å²) in [6, 6.07) is 20.2. The number of hydrogen-bond donors (Lipinski definition) is 1. The van der Waals surface area contributed by atoms with Crippen LogP contribution in [0.15, 0.2) is 82.4 Å². The molecular weight excluding hydrogens is 444 g/mol. The lowest BCUT2D eigenvalue weighted by Crippen LogP contribution is -2.17. The molecule has 3 aromatic rings. The highest BCUT2D eigenvalue weighted by atomic mass is 79.9. The molecule has 0 aliphatic heterocycles. The maximum absolute atomic E-state index is 12.3. The quantitative estimate of drug-likeness (QED) is 0.251. The van der Waals surface area contributed by atoms with E-state index in [0.29, 0.717) is 27.5 Å². The number of hydrogen-bond acceptors (Lipinski definition) is 4. The lowest BCUT2D eigenvalue weighted by Gasteiger charge is -2.08. The molecule has 140 valence electrons. The second-order valence-electron chi connectivity index (χ2n) is 5.64. The highest BCUT2D eigenvalue weighted by Gasteiger charge is 2.11. The molecular formula is C21H14BrClN2O3. The summed E-state index contributed by atoms with van der Waals surface area (Å²) >= 11 is 9.18. The van der Waals surface area contributed by atoms with Crippen molar-refractivity contribution in [2.24, 2.45) is 5.10 Å². The van der Waals surface area contributed by atoms with Gasteiger partial charge in [-0.3, -0.25) is 4.79 Å². The second kappa shape index (κ2) is 9.30. The first-order valence-corrected chi connectivity index (χ1v) is 9.36. The monoisotopic (exact) mass is 456 g/mol. The molecule has 3 aromatic carbocycles. The Morgan fingerprint density at radius 1 is 0.964 bits per heavy atom. The van der Waals surface area contributed by atoms with Crippen LogP contribution in [0.2, 0.25) is 5.02 Å². The molecule has 0 spiro atoms. The van der Waals surface area contributed by atoms with Gasteiger partial charge >= 0.3 is 5.97 Å². The van der Waals surface area contributed by atoms with Crippen molar-refractivity contribution in [3.05, 3.63) is 99.0 Å². The number of esters is 1. The van der Waals surface area contributed by atoms with Crippen LogP contribution < -0.4 is 10.2 Å². The molecule has 0 bridgehead atoms. The first kappa shape index (κ1) is 19.8. The summed E-state index contributed by atoms with van der Waals surface area (Å²) in [7, 11) is 0. The SMILES string of the molecule is O=C(N/N=C/c1cc(Br)ccc1OC(=O)c1ccccc1)c1ccc(Cl)cc1. The maximum Gasteiger partial charge on any atom is 0.343 e. The zero-order valence-corrected chi connectivity index (χ0v) is 16.8. The third kappa shape index (κ3) is 5.28. The van der Waals surface area contributed by atoms with E-state index in [1.165, 1.54) is 6.21 Å². The summed E-state index contributed by atoms with van der Waals surface area (Å²) in [5.74, 6) is -0.546. The molecule has 28 heavy (non-hydrogen) atoms. The molecule has 0 aliphatic carbocycles. The minimum atomic E-state index is -0.484. The first-order valence-electron chi connectivity index (χ1n) is 8.19. The molecule has 0 unspecified atom stereocenters. The lowest BCUT2D eigenvalue weighted by molar-refractivity contribution is 0.0734. The number of hydrazone groups is 1. The van der Waals surface area contributed by atoms with Crippen molar-refractivity contribution in [3.8, 4) is 5.75 Å². The molecule has 0 heterocycles. The maximum atomic E-state index is 12.3. The Morgan fingerprint density at radius 3 is 2.39 bits per heavy atom. The molecule has 0 fully saturated rings. The van der Waals surface area contributed by atoms with Gasteiger partial charge in [0.25, 0.3) is 5.91 Å². The molecule has 0 aromatic heterocycles. The van der Waals surface area contributed by atoms with Crippen LogP contribution in [0.25, 0.3) is 0 Å². The van der Waals surface area contributed by atoms with Gasteiger partial charge < -0.3 is 4.74 Å². The fourth-order valence-corrected chi connectivity index (χ4v) is 2.78. The Kier molecular flexibility index (Phi) is 6.57. The molecule has 0 radical (unpaired) electrons. The lowest BCUT2D eigenvalue weighted by atomic mass is 10.2. The average Bonchev–Trinajstić information content (AvgIpc) is 2.71. The molecule has 1 amide bonds. The topological polar surface area (TPSA) is 67.8 Å². The predicted molar refractivity (Wildman–Crippen MR) is 112 cm³/mol. The van der Waals surface area contributed by atoms with Crippen LogP contribution in [0.3, 0.4) is 0 Å². The molecule has 7 heteroatoms. The van der Waals surface area contributed by atoms with Crippen molar-refractivity contribution in [2.75, 3.05) is 0 Å². The average molecular weight is 458 g/mol. The summed E-state index contributed by atoms with van der Waals surface area (Å²) < 4.78 is 6.24. The van der Waals surface area contributed by atoms with Gasteiger partial charge in [-0.2, -0.15) is 5.10 Å². The number of halogens is 2. The summed E-state index contributed by atoms with van der Waals surface area (Å²) in [6.45, 7) is 0. The predicted octanol–water partition coefficient (Wildman–Crippen LogP) is 5.09. The van der Waals surface area contributed by atoms with Crippen LogP contribution in [0, 0.1) is 0 Å². The Balaban J connectivity index is 1.73. The summed E-state index contributed by atoms with van der Waals surface area (Å²) in [4.78, 5) is 24.4. The van der Waals surface area contributed by atoms with Gasteiger partial charge in [-0.25, -0.2) is 10.2 Å². The van der Waals surface area contributed by atoms with E-state index < -0.39 is 5.97 Å². The van der Waals surface area contributed by atoms with E-state index in [9.17, 15) is 9.59 Å². The van der Waals surface area contributed by atoms with E-state index in [1.807, 2.05) is 6.07 Å². The highest BCUT2D eigenvalue weighted by Crippen LogP contribution is 2.23. The normalized spacial score (nSPS) is 10.6. The van der Waals surface area contributed by atoms with Gasteiger partial charge in [0.15, 0.2) is 0 Å². The number of nitrogens with zero attached hydrogens (tertiary/aromatic N) is 1.